The fourth-order valence-electron chi connectivity index (χ4n) is 10.9. The van der Waals surface area contributed by atoms with Crippen molar-refractivity contribution in [3.8, 4) is 44.5 Å². The van der Waals surface area contributed by atoms with E-state index in [-0.39, 0.29) is 0 Å². The number of fused-ring (bicyclic) bond motifs is 19. The lowest BCUT2D eigenvalue weighted by atomic mass is 9.69. The Bertz CT molecular complexity index is 3480. The summed E-state index contributed by atoms with van der Waals surface area (Å²) in [4.78, 5) is 0. The van der Waals surface area contributed by atoms with Crippen molar-refractivity contribution in [2.24, 2.45) is 0 Å². The molecular formula is C57H34. The van der Waals surface area contributed by atoms with Crippen LogP contribution in [0.2, 0.25) is 0 Å². The first-order valence-electron chi connectivity index (χ1n) is 20.0. The van der Waals surface area contributed by atoms with Gasteiger partial charge in [0.25, 0.3) is 0 Å². The Hall–Kier alpha value is -7.28. The van der Waals surface area contributed by atoms with Crippen molar-refractivity contribution >= 4 is 53.9 Å². The van der Waals surface area contributed by atoms with Crippen molar-refractivity contribution in [2.75, 3.05) is 0 Å². The Labute approximate surface area is 330 Å². The molecule has 13 rings (SSSR count). The molecule has 0 radical (unpaired) electrons. The van der Waals surface area contributed by atoms with Gasteiger partial charge >= 0.3 is 0 Å². The molecule has 11 aromatic carbocycles. The van der Waals surface area contributed by atoms with Crippen molar-refractivity contribution < 1.29 is 0 Å². The van der Waals surface area contributed by atoms with Gasteiger partial charge in [0.15, 0.2) is 0 Å². The largest absolute Gasteiger partial charge is 0.0731 e. The van der Waals surface area contributed by atoms with Gasteiger partial charge in [-0.2, -0.15) is 0 Å². The molecule has 0 saturated carbocycles. The van der Waals surface area contributed by atoms with Gasteiger partial charge in [0, 0.05) is 0 Å². The van der Waals surface area contributed by atoms with Crippen LogP contribution in [-0.2, 0) is 5.41 Å². The highest BCUT2D eigenvalue weighted by atomic mass is 14.5. The predicted octanol–water partition coefficient (Wildman–Crippen LogP) is 15.1. The van der Waals surface area contributed by atoms with Gasteiger partial charge < -0.3 is 0 Å². The minimum atomic E-state index is -0.456. The molecule has 2 aliphatic rings. The average molecular weight is 719 g/mol. The lowest BCUT2D eigenvalue weighted by molar-refractivity contribution is 0.803. The minimum Gasteiger partial charge on any atom is -0.0619 e. The zero-order valence-corrected chi connectivity index (χ0v) is 31.1. The van der Waals surface area contributed by atoms with Gasteiger partial charge in [0.2, 0.25) is 0 Å². The first-order valence-corrected chi connectivity index (χ1v) is 20.0. The van der Waals surface area contributed by atoms with Gasteiger partial charge in [-0.15, -0.1) is 0 Å². The van der Waals surface area contributed by atoms with E-state index in [1.165, 1.54) is 121 Å². The number of benzene rings is 11. The van der Waals surface area contributed by atoms with Crippen LogP contribution in [0.3, 0.4) is 0 Å². The zero-order valence-electron chi connectivity index (χ0n) is 31.1. The van der Waals surface area contributed by atoms with Crippen LogP contribution in [0.1, 0.15) is 22.3 Å². The van der Waals surface area contributed by atoms with E-state index in [1.54, 1.807) is 0 Å². The lowest BCUT2D eigenvalue weighted by Gasteiger charge is -2.32. The van der Waals surface area contributed by atoms with Crippen LogP contribution in [0.4, 0.5) is 0 Å². The predicted molar refractivity (Wildman–Crippen MR) is 241 cm³/mol. The van der Waals surface area contributed by atoms with E-state index in [4.69, 9.17) is 0 Å². The molecule has 1 spiro atoms. The fourth-order valence-corrected chi connectivity index (χ4v) is 10.9. The first kappa shape index (κ1) is 31.0. The number of hydrogen-bond donors (Lipinski definition) is 0. The van der Waals surface area contributed by atoms with Gasteiger partial charge in [-0.3, -0.25) is 0 Å². The van der Waals surface area contributed by atoms with E-state index < -0.39 is 5.41 Å². The van der Waals surface area contributed by atoms with Crippen molar-refractivity contribution in [2.45, 2.75) is 5.41 Å². The van der Waals surface area contributed by atoms with Gasteiger partial charge in [-0.25, -0.2) is 0 Å². The number of hydrogen-bond acceptors (Lipinski definition) is 0. The summed E-state index contributed by atoms with van der Waals surface area (Å²) in [5.74, 6) is 0. The maximum atomic E-state index is 2.54. The van der Waals surface area contributed by atoms with Crippen LogP contribution in [0.5, 0.6) is 0 Å². The molecule has 0 heterocycles. The lowest BCUT2D eigenvalue weighted by Crippen LogP contribution is -2.26. The zero-order chi connectivity index (χ0) is 37.2. The third-order valence-corrected chi connectivity index (χ3v) is 13.2. The topological polar surface area (TPSA) is 0 Å². The molecule has 0 saturated heterocycles. The van der Waals surface area contributed by atoms with Crippen LogP contribution in [0, 0.1) is 0 Å². The third kappa shape index (κ3) is 4.07. The summed E-state index contributed by atoms with van der Waals surface area (Å²) in [6, 6.07) is 77.6. The Morgan fingerprint density at radius 2 is 0.789 bits per heavy atom. The summed E-state index contributed by atoms with van der Waals surface area (Å²) in [5.41, 5.74) is 15.4. The van der Waals surface area contributed by atoms with Crippen LogP contribution in [0.25, 0.3) is 98.4 Å². The van der Waals surface area contributed by atoms with Gasteiger partial charge in [0.05, 0.1) is 5.41 Å². The van der Waals surface area contributed by atoms with Crippen molar-refractivity contribution in [3.63, 3.8) is 0 Å². The molecule has 0 amide bonds. The molecule has 0 bridgehead atoms. The smallest absolute Gasteiger partial charge is 0.0619 e. The summed E-state index contributed by atoms with van der Waals surface area (Å²) >= 11 is 0. The highest BCUT2D eigenvalue weighted by Gasteiger charge is 2.53. The summed E-state index contributed by atoms with van der Waals surface area (Å²) in [7, 11) is 0. The van der Waals surface area contributed by atoms with E-state index in [0.29, 0.717) is 0 Å². The molecule has 0 unspecified atom stereocenters. The third-order valence-electron chi connectivity index (χ3n) is 13.2. The van der Waals surface area contributed by atoms with Crippen LogP contribution in [-0.4, -0.2) is 0 Å². The van der Waals surface area contributed by atoms with Crippen LogP contribution >= 0.6 is 0 Å². The summed E-state index contributed by atoms with van der Waals surface area (Å²) in [5, 5.41) is 12.9. The molecular weight excluding hydrogens is 685 g/mol. The highest BCUT2D eigenvalue weighted by molar-refractivity contribution is 6.21. The minimum absolute atomic E-state index is 0.456. The van der Waals surface area contributed by atoms with Crippen LogP contribution in [0.15, 0.2) is 206 Å². The van der Waals surface area contributed by atoms with Gasteiger partial charge in [-0.05, 0) is 151 Å². The van der Waals surface area contributed by atoms with E-state index in [0.717, 1.165) is 0 Å². The molecule has 0 aliphatic heterocycles. The van der Waals surface area contributed by atoms with Crippen molar-refractivity contribution in [3.05, 3.63) is 229 Å². The van der Waals surface area contributed by atoms with Crippen LogP contribution < -0.4 is 0 Å². The molecule has 0 aromatic heterocycles. The van der Waals surface area contributed by atoms with E-state index in [1.807, 2.05) is 0 Å². The summed E-state index contributed by atoms with van der Waals surface area (Å²) in [6.45, 7) is 0. The summed E-state index contributed by atoms with van der Waals surface area (Å²) in [6.07, 6.45) is 0. The maximum absolute atomic E-state index is 2.54. The maximum Gasteiger partial charge on any atom is 0.0731 e. The SMILES string of the molecule is c1cc(-c2ccc3cc4c(cc3c2)C2(c3ccccc3-c3ccccc32)c2c-4c3ccccc3c3ccccc23)cc(-c2cc3ccccc3c3ccccc23)c1. The molecule has 57 heavy (non-hydrogen) atoms. The number of rotatable bonds is 2. The first-order chi connectivity index (χ1) is 28.3. The summed E-state index contributed by atoms with van der Waals surface area (Å²) < 4.78 is 0. The van der Waals surface area contributed by atoms with Gasteiger partial charge in [0.1, 0.15) is 0 Å². The van der Waals surface area contributed by atoms with Crippen molar-refractivity contribution in [1.29, 1.82) is 0 Å². The Kier molecular flexibility index (Phi) is 6.19. The molecule has 0 N–H and O–H groups in total. The molecule has 11 aromatic rings. The second-order valence-corrected chi connectivity index (χ2v) is 15.9. The normalized spacial score (nSPS) is 13.4. The molecule has 0 fully saturated rings. The Balaban J connectivity index is 1.08. The fraction of sp³-hybridized carbons (Fsp3) is 0.0175. The van der Waals surface area contributed by atoms with Crippen molar-refractivity contribution in [1.82, 2.24) is 0 Å². The Morgan fingerprint density at radius 1 is 0.246 bits per heavy atom. The second kappa shape index (κ2) is 11.4. The standard InChI is InChI=1S/C57H34/c1-2-17-41-39(14-1)33-50(45-21-4-3-18-42(41)45)38-16-13-15-35(30-38)36-28-29-37-32-51-54(34-40(37)31-36)57(52-26-11-9-22-46(52)47-23-10-12-27-53(47)57)56-49-25-8-6-20-44(49)43-19-5-7-24-48(43)55(51)56/h1-34H. The van der Waals surface area contributed by atoms with Gasteiger partial charge in [-0.1, -0.05) is 176 Å². The molecule has 0 heteroatoms. The highest BCUT2D eigenvalue weighted by Crippen LogP contribution is 2.65. The monoisotopic (exact) mass is 718 g/mol. The van der Waals surface area contributed by atoms with E-state index in [9.17, 15) is 0 Å². The molecule has 2 aliphatic carbocycles. The molecule has 262 valence electrons. The molecule has 0 nitrogen and oxygen atoms in total. The van der Waals surface area contributed by atoms with E-state index >= 15 is 0 Å². The quantitative estimate of drug-likeness (QED) is 0.156. The average Bonchev–Trinajstić information content (AvgIpc) is 3.75. The van der Waals surface area contributed by atoms with E-state index in [2.05, 4.69) is 206 Å². The Morgan fingerprint density at radius 3 is 1.54 bits per heavy atom. The second-order valence-electron chi connectivity index (χ2n) is 15.9. The molecule has 0 atom stereocenters.